The maximum atomic E-state index is 10.8. The molecule has 0 radical (unpaired) electrons. The minimum absolute atomic E-state index is 0.422. The van der Waals surface area contributed by atoms with E-state index in [1.54, 1.807) is 13.8 Å². The van der Waals surface area contributed by atoms with Crippen LogP contribution in [-0.4, -0.2) is 56.6 Å². The van der Waals surface area contributed by atoms with E-state index in [2.05, 4.69) is 0 Å². The maximum Gasteiger partial charge on any atom is 0.151 e. The standard InChI is InChI=1S/C10H20O5/c1-5-15-10(8(6-11)13-3)9(14-4)7(2)12/h6-10,12H,5H2,1-4H3/t7-,8-,9-,10-/m0/s1. The van der Waals surface area contributed by atoms with E-state index in [4.69, 9.17) is 14.2 Å². The van der Waals surface area contributed by atoms with Crippen LogP contribution in [0.5, 0.6) is 0 Å². The van der Waals surface area contributed by atoms with E-state index in [0.717, 1.165) is 0 Å². The molecular weight excluding hydrogens is 200 g/mol. The lowest BCUT2D eigenvalue weighted by Crippen LogP contribution is -2.47. The molecule has 0 aromatic rings. The van der Waals surface area contributed by atoms with Crippen LogP contribution in [0.2, 0.25) is 0 Å². The SMILES string of the molecule is CCO[C@H]([C@@H](OC)[C@H](C)O)[C@H](C=O)OC. The molecule has 0 bridgehead atoms. The molecule has 0 saturated carbocycles. The summed E-state index contributed by atoms with van der Waals surface area (Å²) in [6.07, 6.45) is -1.99. The van der Waals surface area contributed by atoms with Gasteiger partial charge in [-0.1, -0.05) is 0 Å². The van der Waals surface area contributed by atoms with Crippen molar-refractivity contribution >= 4 is 6.29 Å². The fourth-order valence-electron chi connectivity index (χ4n) is 1.44. The van der Waals surface area contributed by atoms with Crippen LogP contribution >= 0.6 is 0 Å². The molecule has 0 aliphatic rings. The molecule has 4 atom stereocenters. The molecule has 0 aliphatic heterocycles. The second-order valence-corrected chi connectivity index (χ2v) is 3.20. The van der Waals surface area contributed by atoms with E-state index in [1.807, 2.05) is 0 Å². The summed E-state index contributed by atoms with van der Waals surface area (Å²) in [5.74, 6) is 0. The zero-order chi connectivity index (χ0) is 11.8. The van der Waals surface area contributed by atoms with Crippen LogP contribution in [0, 0.1) is 0 Å². The van der Waals surface area contributed by atoms with Crippen LogP contribution < -0.4 is 0 Å². The lowest BCUT2D eigenvalue weighted by Gasteiger charge is -2.30. The van der Waals surface area contributed by atoms with E-state index in [0.29, 0.717) is 12.9 Å². The molecule has 0 amide bonds. The van der Waals surface area contributed by atoms with Crippen LogP contribution in [0.3, 0.4) is 0 Å². The van der Waals surface area contributed by atoms with E-state index in [1.165, 1.54) is 14.2 Å². The van der Waals surface area contributed by atoms with Crippen molar-refractivity contribution in [3.8, 4) is 0 Å². The molecule has 0 aromatic carbocycles. The van der Waals surface area contributed by atoms with Crippen molar-refractivity contribution in [3.63, 3.8) is 0 Å². The lowest BCUT2D eigenvalue weighted by molar-refractivity contribution is -0.155. The van der Waals surface area contributed by atoms with E-state index in [9.17, 15) is 9.90 Å². The Morgan fingerprint density at radius 2 is 1.87 bits per heavy atom. The summed E-state index contributed by atoms with van der Waals surface area (Å²) >= 11 is 0. The Kier molecular flexibility index (Phi) is 7.50. The van der Waals surface area contributed by atoms with Crippen LogP contribution in [0.4, 0.5) is 0 Å². The molecule has 0 spiro atoms. The highest BCUT2D eigenvalue weighted by atomic mass is 16.6. The first kappa shape index (κ1) is 14.5. The Balaban J connectivity index is 4.65. The maximum absolute atomic E-state index is 10.8. The summed E-state index contributed by atoms with van der Waals surface area (Å²) in [6, 6.07) is 0. The quantitative estimate of drug-likeness (QED) is 0.583. The van der Waals surface area contributed by atoms with Gasteiger partial charge in [0.05, 0.1) is 6.10 Å². The zero-order valence-electron chi connectivity index (χ0n) is 9.67. The predicted molar refractivity (Wildman–Crippen MR) is 54.8 cm³/mol. The van der Waals surface area contributed by atoms with Gasteiger partial charge in [-0.3, -0.25) is 0 Å². The summed E-state index contributed by atoms with van der Waals surface area (Å²) in [5.41, 5.74) is 0. The summed E-state index contributed by atoms with van der Waals surface area (Å²) < 4.78 is 15.4. The largest absolute Gasteiger partial charge is 0.391 e. The van der Waals surface area contributed by atoms with Crippen molar-refractivity contribution in [2.75, 3.05) is 20.8 Å². The summed E-state index contributed by atoms with van der Waals surface area (Å²) in [4.78, 5) is 10.8. The van der Waals surface area contributed by atoms with E-state index < -0.39 is 24.4 Å². The van der Waals surface area contributed by atoms with Gasteiger partial charge in [-0.15, -0.1) is 0 Å². The Morgan fingerprint density at radius 1 is 1.27 bits per heavy atom. The molecule has 1 N–H and O–H groups in total. The van der Waals surface area contributed by atoms with Crippen molar-refractivity contribution in [1.29, 1.82) is 0 Å². The minimum atomic E-state index is -0.732. The van der Waals surface area contributed by atoms with Gasteiger partial charge in [-0.2, -0.15) is 0 Å². The number of carbonyl (C=O) groups is 1. The van der Waals surface area contributed by atoms with Crippen molar-refractivity contribution in [2.45, 2.75) is 38.3 Å². The first-order chi connectivity index (χ1) is 7.12. The normalized spacial score (nSPS) is 19.3. The Labute approximate surface area is 90.3 Å². The third-order valence-electron chi connectivity index (χ3n) is 2.16. The molecule has 0 aromatic heterocycles. The highest BCUT2D eigenvalue weighted by Crippen LogP contribution is 2.13. The number of hydrogen-bond donors (Lipinski definition) is 1. The first-order valence-corrected chi connectivity index (χ1v) is 4.92. The fraction of sp³-hybridized carbons (Fsp3) is 0.900. The number of carbonyl (C=O) groups excluding carboxylic acids is 1. The number of hydrogen-bond acceptors (Lipinski definition) is 5. The Hall–Kier alpha value is -0.490. The average Bonchev–Trinajstić information content (AvgIpc) is 2.20. The summed E-state index contributed by atoms with van der Waals surface area (Å²) in [7, 11) is 2.88. The van der Waals surface area contributed by atoms with Gasteiger partial charge < -0.3 is 24.1 Å². The number of ether oxygens (including phenoxy) is 3. The van der Waals surface area contributed by atoms with Crippen molar-refractivity contribution < 1.29 is 24.1 Å². The summed E-state index contributed by atoms with van der Waals surface area (Å²) in [5, 5.41) is 9.47. The second-order valence-electron chi connectivity index (χ2n) is 3.20. The number of rotatable bonds is 8. The van der Waals surface area contributed by atoms with Gasteiger partial charge in [0.1, 0.15) is 18.3 Å². The van der Waals surface area contributed by atoms with Crippen LogP contribution in [0.25, 0.3) is 0 Å². The first-order valence-electron chi connectivity index (χ1n) is 4.92. The third-order valence-corrected chi connectivity index (χ3v) is 2.16. The molecule has 0 unspecified atom stereocenters. The molecule has 0 fully saturated rings. The van der Waals surface area contributed by atoms with Gasteiger partial charge in [-0.05, 0) is 13.8 Å². The van der Waals surface area contributed by atoms with Gasteiger partial charge in [0.15, 0.2) is 6.29 Å². The molecule has 90 valence electrons. The third kappa shape index (κ3) is 4.25. The van der Waals surface area contributed by atoms with Crippen LogP contribution in [0.1, 0.15) is 13.8 Å². The van der Waals surface area contributed by atoms with Crippen molar-refractivity contribution in [2.24, 2.45) is 0 Å². The average molecular weight is 220 g/mol. The molecule has 5 nitrogen and oxygen atoms in total. The van der Waals surface area contributed by atoms with Crippen LogP contribution in [-0.2, 0) is 19.0 Å². The molecule has 5 heteroatoms. The molecular formula is C10H20O5. The van der Waals surface area contributed by atoms with Gasteiger partial charge in [0.2, 0.25) is 0 Å². The lowest BCUT2D eigenvalue weighted by atomic mass is 10.0. The zero-order valence-corrected chi connectivity index (χ0v) is 9.67. The monoisotopic (exact) mass is 220 g/mol. The number of methoxy groups -OCH3 is 2. The molecule has 0 rings (SSSR count). The predicted octanol–water partition coefficient (Wildman–Crippen LogP) is 0.00120. The highest BCUT2D eigenvalue weighted by Gasteiger charge is 2.33. The van der Waals surface area contributed by atoms with Gasteiger partial charge in [-0.25, -0.2) is 0 Å². The fourth-order valence-corrected chi connectivity index (χ4v) is 1.44. The Bertz CT molecular complexity index is 171. The summed E-state index contributed by atoms with van der Waals surface area (Å²) in [6.45, 7) is 3.81. The van der Waals surface area contributed by atoms with Gasteiger partial charge in [0.25, 0.3) is 0 Å². The molecule has 15 heavy (non-hydrogen) atoms. The number of aliphatic hydroxyl groups is 1. The van der Waals surface area contributed by atoms with Crippen molar-refractivity contribution in [3.05, 3.63) is 0 Å². The van der Waals surface area contributed by atoms with Gasteiger partial charge >= 0.3 is 0 Å². The molecule has 0 aliphatic carbocycles. The second kappa shape index (κ2) is 7.76. The smallest absolute Gasteiger partial charge is 0.151 e. The number of aldehydes is 1. The van der Waals surface area contributed by atoms with E-state index >= 15 is 0 Å². The molecule has 0 heterocycles. The van der Waals surface area contributed by atoms with E-state index in [-0.39, 0.29) is 0 Å². The highest BCUT2D eigenvalue weighted by molar-refractivity contribution is 5.57. The van der Waals surface area contributed by atoms with Crippen LogP contribution in [0.15, 0.2) is 0 Å². The number of aliphatic hydroxyl groups excluding tert-OH is 1. The van der Waals surface area contributed by atoms with Crippen molar-refractivity contribution in [1.82, 2.24) is 0 Å². The van der Waals surface area contributed by atoms with Gasteiger partial charge in [0, 0.05) is 20.8 Å². The molecule has 0 saturated heterocycles. The minimum Gasteiger partial charge on any atom is -0.391 e. The Morgan fingerprint density at radius 3 is 2.13 bits per heavy atom. The topological polar surface area (TPSA) is 65.0 Å².